The van der Waals surface area contributed by atoms with Crippen molar-refractivity contribution >= 4 is 5.82 Å². The van der Waals surface area contributed by atoms with Gasteiger partial charge in [0.2, 0.25) is 0 Å². The van der Waals surface area contributed by atoms with Gasteiger partial charge < -0.3 is 14.7 Å². The minimum Gasteiger partial charge on any atom is -0.491 e. The lowest BCUT2D eigenvalue weighted by molar-refractivity contribution is 0.0660. The summed E-state index contributed by atoms with van der Waals surface area (Å²) >= 11 is 0. The SMILES string of the molecule is CCc1nc(C)nc(N2CCN(CC(O)COc3ccccc3C)CC2)c1Cc1ccc(C)cc1. The van der Waals surface area contributed by atoms with Crippen LogP contribution in [0.2, 0.25) is 0 Å². The fourth-order valence-electron chi connectivity index (χ4n) is 4.68. The molecule has 0 aliphatic carbocycles. The normalized spacial score (nSPS) is 15.3. The second-order valence-corrected chi connectivity index (χ2v) is 9.55. The topological polar surface area (TPSA) is 61.7 Å². The smallest absolute Gasteiger partial charge is 0.136 e. The zero-order valence-electron chi connectivity index (χ0n) is 21.5. The Kier molecular flexibility index (Phi) is 8.37. The Morgan fingerprint density at radius 3 is 2.34 bits per heavy atom. The maximum atomic E-state index is 10.6. The molecular weight excluding hydrogens is 436 g/mol. The highest BCUT2D eigenvalue weighted by molar-refractivity contribution is 5.52. The largest absolute Gasteiger partial charge is 0.491 e. The third kappa shape index (κ3) is 6.59. The van der Waals surface area contributed by atoms with Gasteiger partial charge in [-0.1, -0.05) is 55.0 Å². The number of rotatable bonds is 9. The van der Waals surface area contributed by atoms with Crippen LogP contribution >= 0.6 is 0 Å². The van der Waals surface area contributed by atoms with E-state index in [0.29, 0.717) is 13.2 Å². The van der Waals surface area contributed by atoms with E-state index < -0.39 is 6.10 Å². The van der Waals surface area contributed by atoms with E-state index in [1.807, 2.05) is 38.1 Å². The highest BCUT2D eigenvalue weighted by Crippen LogP contribution is 2.26. The molecule has 6 nitrogen and oxygen atoms in total. The number of anilines is 1. The third-order valence-electron chi connectivity index (χ3n) is 6.68. The Bertz CT molecular complexity index is 1110. The summed E-state index contributed by atoms with van der Waals surface area (Å²) < 4.78 is 5.84. The Hall–Kier alpha value is -2.96. The summed E-state index contributed by atoms with van der Waals surface area (Å²) in [6, 6.07) is 16.7. The molecule has 2 aromatic carbocycles. The van der Waals surface area contributed by atoms with E-state index in [2.05, 4.69) is 47.9 Å². The summed E-state index contributed by atoms with van der Waals surface area (Å²) in [7, 11) is 0. The van der Waals surface area contributed by atoms with E-state index >= 15 is 0 Å². The minimum atomic E-state index is -0.522. The van der Waals surface area contributed by atoms with Gasteiger partial charge in [0, 0.05) is 50.4 Å². The summed E-state index contributed by atoms with van der Waals surface area (Å²) in [5.41, 5.74) is 6.02. The monoisotopic (exact) mass is 474 g/mol. The van der Waals surface area contributed by atoms with Crippen molar-refractivity contribution in [3.05, 3.63) is 82.3 Å². The van der Waals surface area contributed by atoms with Crippen LogP contribution in [-0.4, -0.2) is 65.4 Å². The first-order chi connectivity index (χ1) is 16.9. The number of piperazine rings is 1. The fourth-order valence-corrected chi connectivity index (χ4v) is 4.68. The van der Waals surface area contributed by atoms with Crippen LogP contribution in [0.25, 0.3) is 0 Å². The molecule has 0 spiro atoms. The molecule has 3 aromatic rings. The molecule has 2 heterocycles. The predicted molar refractivity (Wildman–Crippen MR) is 141 cm³/mol. The summed E-state index contributed by atoms with van der Waals surface area (Å²) in [6.07, 6.45) is 1.21. The van der Waals surface area contributed by atoms with E-state index in [-0.39, 0.29) is 0 Å². The maximum Gasteiger partial charge on any atom is 0.136 e. The van der Waals surface area contributed by atoms with Crippen molar-refractivity contribution in [2.75, 3.05) is 44.2 Å². The van der Waals surface area contributed by atoms with Crippen molar-refractivity contribution in [2.45, 2.75) is 46.6 Å². The van der Waals surface area contributed by atoms with Gasteiger partial charge in [0.15, 0.2) is 0 Å². The number of para-hydroxylation sites is 1. The second-order valence-electron chi connectivity index (χ2n) is 9.55. The fraction of sp³-hybridized carbons (Fsp3) is 0.448. The van der Waals surface area contributed by atoms with Crippen molar-refractivity contribution < 1.29 is 9.84 Å². The van der Waals surface area contributed by atoms with Crippen LogP contribution in [-0.2, 0) is 12.8 Å². The Morgan fingerprint density at radius 2 is 1.66 bits per heavy atom. The third-order valence-corrected chi connectivity index (χ3v) is 6.68. The molecule has 1 aliphatic rings. The van der Waals surface area contributed by atoms with Gasteiger partial charge in [0.1, 0.15) is 30.1 Å². The van der Waals surface area contributed by atoms with Crippen LogP contribution in [0.3, 0.4) is 0 Å². The van der Waals surface area contributed by atoms with Gasteiger partial charge in [-0.15, -0.1) is 0 Å². The number of β-amino-alcohol motifs (C(OH)–C–C–N with tert-alkyl or cyclic N) is 1. The number of hydrogen-bond donors (Lipinski definition) is 1. The van der Waals surface area contributed by atoms with E-state index in [9.17, 15) is 5.11 Å². The average molecular weight is 475 g/mol. The zero-order chi connectivity index (χ0) is 24.8. The zero-order valence-corrected chi connectivity index (χ0v) is 21.5. The first-order valence-electron chi connectivity index (χ1n) is 12.7. The number of benzene rings is 2. The van der Waals surface area contributed by atoms with Gasteiger partial charge in [-0.05, 0) is 44.4 Å². The average Bonchev–Trinajstić information content (AvgIpc) is 2.86. The number of nitrogens with zero attached hydrogens (tertiary/aromatic N) is 4. The van der Waals surface area contributed by atoms with Crippen molar-refractivity contribution in [2.24, 2.45) is 0 Å². The standard InChI is InChI=1S/C29H38N4O2/c1-5-27-26(18-24-12-10-21(2)11-13-24)29(31-23(4)30-27)33-16-14-32(15-17-33)19-25(34)20-35-28-9-7-6-8-22(28)3/h6-13,25,34H,5,14-20H2,1-4H3. The molecule has 1 atom stereocenters. The van der Waals surface area contributed by atoms with Crippen molar-refractivity contribution in [1.82, 2.24) is 14.9 Å². The predicted octanol–water partition coefficient (Wildman–Crippen LogP) is 4.12. The van der Waals surface area contributed by atoms with Crippen LogP contribution in [0, 0.1) is 20.8 Å². The molecule has 1 saturated heterocycles. The summed E-state index contributed by atoms with van der Waals surface area (Å²) in [5, 5.41) is 10.6. The van der Waals surface area contributed by atoms with Crippen molar-refractivity contribution in [3.63, 3.8) is 0 Å². The molecule has 0 amide bonds. The van der Waals surface area contributed by atoms with Crippen LogP contribution < -0.4 is 9.64 Å². The summed E-state index contributed by atoms with van der Waals surface area (Å²) in [6.45, 7) is 12.7. The van der Waals surface area contributed by atoms with E-state index in [1.165, 1.54) is 16.7 Å². The highest BCUT2D eigenvalue weighted by Gasteiger charge is 2.24. The number of hydrogen-bond acceptors (Lipinski definition) is 6. The molecule has 35 heavy (non-hydrogen) atoms. The van der Waals surface area contributed by atoms with Crippen LogP contribution in [0.15, 0.2) is 48.5 Å². The first-order valence-corrected chi connectivity index (χ1v) is 12.7. The van der Waals surface area contributed by atoms with Crippen LogP contribution in [0.1, 0.15) is 40.7 Å². The molecule has 0 bridgehead atoms. The Labute approximate surface area is 209 Å². The molecule has 1 fully saturated rings. The molecular formula is C29H38N4O2. The molecule has 1 N–H and O–H groups in total. The van der Waals surface area contributed by atoms with Gasteiger partial charge in [0.05, 0.1) is 0 Å². The highest BCUT2D eigenvalue weighted by atomic mass is 16.5. The maximum absolute atomic E-state index is 10.6. The summed E-state index contributed by atoms with van der Waals surface area (Å²) in [4.78, 5) is 14.4. The van der Waals surface area contributed by atoms with E-state index in [4.69, 9.17) is 14.7 Å². The molecule has 1 unspecified atom stereocenters. The van der Waals surface area contributed by atoms with Gasteiger partial charge in [0.25, 0.3) is 0 Å². The van der Waals surface area contributed by atoms with Crippen LogP contribution in [0.4, 0.5) is 5.82 Å². The van der Waals surface area contributed by atoms with E-state index in [1.54, 1.807) is 0 Å². The quantitative estimate of drug-likeness (QED) is 0.504. The van der Waals surface area contributed by atoms with E-state index in [0.717, 1.165) is 67.7 Å². The van der Waals surface area contributed by atoms with Gasteiger partial charge in [-0.25, -0.2) is 9.97 Å². The van der Waals surface area contributed by atoms with Gasteiger partial charge >= 0.3 is 0 Å². The number of aliphatic hydroxyl groups excluding tert-OH is 1. The molecule has 0 radical (unpaired) electrons. The lowest BCUT2D eigenvalue weighted by atomic mass is 10.0. The number of aromatic nitrogens is 2. The number of aliphatic hydroxyl groups is 1. The van der Waals surface area contributed by atoms with Crippen LogP contribution in [0.5, 0.6) is 5.75 Å². The minimum absolute atomic E-state index is 0.302. The molecule has 186 valence electrons. The molecule has 0 saturated carbocycles. The van der Waals surface area contributed by atoms with Gasteiger partial charge in [-0.2, -0.15) is 0 Å². The van der Waals surface area contributed by atoms with Crippen molar-refractivity contribution in [1.29, 1.82) is 0 Å². The van der Waals surface area contributed by atoms with Crippen molar-refractivity contribution in [3.8, 4) is 5.75 Å². The number of aryl methyl sites for hydroxylation is 4. The lowest BCUT2D eigenvalue weighted by Crippen LogP contribution is -2.49. The van der Waals surface area contributed by atoms with Gasteiger partial charge in [-0.3, -0.25) is 4.90 Å². The molecule has 1 aromatic heterocycles. The molecule has 6 heteroatoms. The molecule has 4 rings (SSSR count). The molecule has 1 aliphatic heterocycles. The second kappa shape index (κ2) is 11.6. The Morgan fingerprint density at radius 1 is 0.943 bits per heavy atom. The Balaban J connectivity index is 1.39. The summed E-state index contributed by atoms with van der Waals surface area (Å²) in [5.74, 6) is 2.73. The first kappa shape index (κ1) is 25.1. The number of ether oxygens (including phenoxy) is 1. The lowest BCUT2D eigenvalue weighted by Gasteiger charge is -2.37.